The fourth-order valence-electron chi connectivity index (χ4n) is 1.66. The summed E-state index contributed by atoms with van der Waals surface area (Å²) >= 11 is 3.41. The second-order valence-electron chi connectivity index (χ2n) is 5.33. The van der Waals surface area contributed by atoms with Crippen LogP contribution < -0.4 is 9.92 Å². The summed E-state index contributed by atoms with van der Waals surface area (Å²) < 4.78 is 6.85. The summed E-state index contributed by atoms with van der Waals surface area (Å²) in [6.07, 6.45) is 0. The smallest absolute Gasteiger partial charge is 0.127 e. The number of ether oxygens (including phenoxy) is 1. The summed E-state index contributed by atoms with van der Waals surface area (Å²) in [5.74, 6) is 1.75. The summed E-state index contributed by atoms with van der Waals surface area (Å²) in [7, 11) is -1.22. The summed E-state index contributed by atoms with van der Waals surface area (Å²) in [6.45, 7) is 7.03. The monoisotopic (exact) mass is 320 g/mol. The van der Waals surface area contributed by atoms with Gasteiger partial charge in [-0.3, -0.25) is 0 Å². The van der Waals surface area contributed by atoms with Crippen LogP contribution in [-0.2, 0) is 0 Å². The third-order valence-electron chi connectivity index (χ3n) is 2.77. The summed E-state index contributed by atoms with van der Waals surface area (Å²) in [5, 5.41) is 1.45. The van der Waals surface area contributed by atoms with E-state index >= 15 is 0 Å². The second kappa shape index (κ2) is 5.29. The molecule has 0 saturated heterocycles. The quantitative estimate of drug-likeness (QED) is 0.739. The van der Waals surface area contributed by atoms with E-state index in [4.69, 9.17) is 4.74 Å². The van der Waals surface area contributed by atoms with Crippen LogP contribution in [0.15, 0.2) is 53.0 Å². The van der Waals surface area contributed by atoms with Crippen molar-refractivity contribution in [3.8, 4) is 11.5 Å². The molecule has 0 spiro atoms. The Morgan fingerprint density at radius 2 is 1.22 bits per heavy atom. The zero-order valence-corrected chi connectivity index (χ0v) is 13.5. The molecule has 0 aliphatic rings. The van der Waals surface area contributed by atoms with Crippen LogP contribution in [0.4, 0.5) is 0 Å². The van der Waals surface area contributed by atoms with Crippen LogP contribution in [0, 0.1) is 0 Å². The molecule has 1 nitrogen and oxygen atoms in total. The lowest BCUT2D eigenvalue weighted by molar-refractivity contribution is 0.483. The van der Waals surface area contributed by atoms with Crippen molar-refractivity contribution in [2.24, 2.45) is 0 Å². The second-order valence-corrected chi connectivity index (χ2v) is 11.3. The lowest BCUT2D eigenvalue weighted by Gasteiger charge is -2.16. The Bertz CT molecular complexity index is 512. The topological polar surface area (TPSA) is 9.23 Å². The highest BCUT2D eigenvalue weighted by atomic mass is 79.9. The first-order valence-electron chi connectivity index (χ1n) is 5.99. The Kier molecular flexibility index (Phi) is 3.93. The minimum atomic E-state index is -1.22. The third-order valence-corrected chi connectivity index (χ3v) is 5.36. The Morgan fingerprint density at radius 3 is 1.67 bits per heavy atom. The average Bonchev–Trinajstić information content (AvgIpc) is 2.32. The van der Waals surface area contributed by atoms with Gasteiger partial charge in [-0.05, 0) is 36.4 Å². The van der Waals surface area contributed by atoms with Crippen molar-refractivity contribution in [3.05, 3.63) is 53.0 Å². The van der Waals surface area contributed by atoms with E-state index in [0.29, 0.717) is 0 Å². The molecular weight excluding hydrogens is 304 g/mol. The van der Waals surface area contributed by atoms with Gasteiger partial charge in [0.15, 0.2) is 0 Å². The van der Waals surface area contributed by atoms with Crippen LogP contribution in [0.25, 0.3) is 0 Å². The maximum Gasteiger partial charge on any atom is 0.127 e. The van der Waals surface area contributed by atoms with Crippen molar-refractivity contribution in [2.45, 2.75) is 19.6 Å². The van der Waals surface area contributed by atoms with E-state index in [1.165, 1.54) is 5.19 Å². The van der Waals surface area contributed by atoms with E-state index in [-0.39, 0.29) is 0 Å². The summed E-state index contributed by atoms with van der Waals surface area (Å²) in [5.41, 5.74) is 0. The molecule has 0 saturated carbocycles. The predicted molar refractivity (Wildman–Crippen MR) is 83.6 cm³/mol. The van der Waals surface area contributed by atoms with E-state index in [0.717, 1.165) is 16.0 Å². The Hall–Kier alpha value is -1.06. The maximum absolute atomic E-state index is 5.80. The molecule has 0 aliphatic heterocycles. The number of benzene rings is 2. The number of hydrogen-bond donors (Lipinski definition) is 0. The Balaban J connectivity index is 2.13. The van der Waals surface area contributed by atoms with Gasteiger partial charge in [0.1, 0.15) is 11.5 Å². The van der Waals surface area contributed by atoms with Gasteiger partial charge in [-0.2, -0.15) is 0 Å². The molecule has 0 fully saturated rings. The standard InChI is InChI=1S/C15H17BrOSi/c1-18(2,3)15-10-8-14(9-11-15)17-13-6-4-12(16)5-7-13/h4-11H,1-3H3. The van der Waals surface area contributed by atoms with E-state index < -0.39 is 8.07 Å². The fraction of sp³-hybridized carbons (Fsp3) is 0.200. The molecule has 18 heavy (non-hydrogen) atoms. The van der Waals surface area contributed by atoms with Crippen molar-refractivity contribution in [1.82, 2.24) is 0 Å². The van der Waals surface area contributed by atoms with Gasteiger partial charge in [-0.25, -0.2) is 0 Å². The van der Waals surface area contributed by atoms with Crippen molar-refractivity contribution in [3.63, 3.8) is 0 Å². The van der Waals surface area contributed by atoms with Gasteiger partial charge < -0.3 is 4.74 Å². The SMILES string of the molecule is C[Si](C)(C)c1ccc(Oc2ccc(Br)cc2)cc1. The van der Waals surface area contributed by atoms with Crippen LogP contribution in [0.1, 0.15) is 0 Å². The Morgan fingerprint density at radius 1 is 0.778 bits per heavy atom. The highest BCUT2D eigenvalue weighted by Gasteiger charge is 2.15. The highest BCUT2D eigenvalue weighted by Crippen LogP contribution is 2.22. The molecule has 2 aromatic rings. The molecule has 0 N–H and O–H groups in total. The van der Waals surface area contributed by atoms with Gasteiger partial charge >= 0.3 is 0 Å². The average molecular weight is 321 g/mol. The normalized spacial score (nSPS) is 11.3. The molecular formula is C15H17BrOSi. The number of halogens is 1. The largest absolute Gasteiger partial charge is 0.457 e. The van der Waals surface area contributed by atoms with E-state index in [1.807, 2.05) is 24.3 Å². The van der Waals surface area contributed by atoms with Crippen LogP contribution in [0.3, 0.4) is 0 Å². The lowest BCUT2D eigenvalue weighted by atomic mass is 10.3. The summed E-state index contributed by atoms with van der Waals surface area (Å²) in [6, 6.07) is 16.3. The van der Waals surface area contributed by atoms with Crippen LogP contribution >= 0.6 is 15.9 Å². The van der Waals surface area contributed by atoms with Gasteiger partial charge in [0.05, 0.1) is 8.07 Å². The zero-order valence-electron chi connectivity index (χ0n) is 10.9. The fourth-order valence-corrected chi connectivity index (χ4v) is 3.09. The van der Waals surface area contributed by atoms with Crippen LogP contribution in [0.5, 0.6) is 11.5 Å². The molecule has 94 valence electrons. The van der Waals surface area contributed by atoms with E-state index in [2.05, 4.69) is 59.8 Å². The molecule has 0 radical (unpaired) electrons. The van der Waals surface area contributed by atoms with Crippen molar-refractivity contribution in [1.29, 1.82) is 0 Å². The Labute approximate surface area is 118 Å². The van der Waals surface area contributed by atoms with Gasteiger partial charge in [0.25, 0.3) is 0 Å². The van der Waals surface area contributed by atoms with Crippen LogP contribution in [-0.4, -0.2) is 8.07 Å². The van der Waals surface area contributed by atoms with Gasteiger partial charge in [0, 0.05) is 4.47 Å². The zero-order chi connectivity index (χ0) is 13.2. The van der Waals surface area contributed by atoms with Gasteiger partial charge in [-0.1, -0.05) is 52.9 Å². The number of rotatable bonds is 3. The molecule has 0 amide bonds. The minimum absolute atomic E-state index is 0.860. The van der Waals surface area contributed by atoms with Crippen molar-refractivity contribution in [2.75, 3.05) is 0 Å². The molecule has 0 heterocycles. The first-order valence-corrected chi connectivity index (χ1v) is 10.3. The molecule has 0 unspecified atom stereocenters. The third kappa shape index (κ3) is 3.46. The van der Waals surface area contributed by atoms with E-state index in [1.54, 1.807) is 0 Å². The predicted octanol–water partition coefficient (Wildman–Crippen LogP) is 4.79. The molecule has 0 aliphatic carbocycles. The molecule has 0 aromatic heterocycles. The molecule has 0 atom stereocenters. The van der Waals surface area contributed by atoms with Gasteiger partial charge in [0.2, 0.25) is 0 Å². The summed E-state index contributed by atoms with van der Waals surface area (Å²) in [4.78, 5) is 0. The first kappa shape index (κ1) is 13.4. The molecule has 2 rings (SSSR count). The highest BCUT2D eigenvalue weighted by molar-refractivity contribution is 9.10. The lowest BCUT2D eigenvalue weighted by Crippen LogP contribution is -2.37. The molecule has 3 heteroatoms. The number of hydrogen-bond acceptors (Lipinski definition) is 1. The van der Waals surface area contributed by atoms with Gasteiger partial charge in [-0.15, -0.1) is 0 Å². The molecule has 2 aromatic carbocycles. The van der Waals surface area contributed by atoms with E-state index in [9.17, 15) is 0 Å². The van der Waals surface area contributed by atoms with Crippen LogP contribution in [0.2, 0.25) is 19.6 Å². The maximum atomic E-state index is 5.80. The van der Waals surface area contributed by atoms with Crippen molar-refractivity contribution >= 4 is 29.2 Å². The minimum Gasteiger partial charge on any atom is -0.457 e. The molecule has 0 bridgehead atoms. The first-order chi connectivity index (χ1) is 8.45. The van der Waals surface area contributed by atoms with Crippen molar-refractivity contribution < 1.29 is 4.74 Å².